The topological polar surface area (TPSA) is 63.4 Å². The summed E-state index contributed by atoms with van der Waals surface area (Å²) >= 11 is 5.95. The molecule has 0 saturated carbocycles. The van der Waals surface area contributed by atoms with Gasteiger partial charge in [0, 0.05) is 15.9 Å². The minimum absolute atomic E-state index is 0.180. The van der Waals surface area contributed by atoms with Gasteiger partial charge in [0.05, 0.1) is 13.7 Å². The Hall–Kier alpha value is -2.66. The Bertz CT molecular complexity index is 843. The van der Waals surface area contributed by atoms with Crippen LogP contribution < -0.4 is 14.8 Å². The molecule has 1 aromatic heterocycles. The van der Waals surface area contributed by atoms with Crippen molar-refractivity contribution in [2.45, 2.75) is 0 Å². The van der Waals surface area contributed by atoms with Crippen LogP contribution in [0.5, 0.6) is 11.5 Å². The van der Waals surface area contributed by atoms with E-state index < -0.39 is 0 Å². The first-order valence-corrected chi connectivity index (χ1v) is 7.87. The van der Waals surface area contributed by atoms with E-state index in [1.54, 1.807) is 19.2 Å². The van der Waals surface area contributed by atoms with Crippen LogP contribution >= 0.6 is 11.6 Å². The molecule has 124 valence electrons. The lowest BCUT2D eigenvalue weighted by Gasteiger charge is -2.07. The van der Waals surface area contributed by atoms with E-state index in [1.807, 2.05) is 36.4 Å². The first-order valence-electron chi connectivity index (χ1n) is 7.49. The second-order valence-corrected chi connectivity index (χ2v) is 5.63. The molecule has 0 unspecified atom stereocenters. The van der Waals surface area contributed by atoms with Crippen LogP contribution in [0.4, 0.5) is 0 Å². The summed E-state index contributed by atoms with van der Waals surface area (Å²) in [6, 6.07) is 14.5. The standard InChI is InChI=1S/C18H17ClN2O3/c1-23-14-3-5-15(6-4-14)24-9-8-20-18(22)17-11-12-10-13(19)2-7-16(12)21-17/h2-7,10-11,21H,8-9H2,1H3,(H,20,22). The molecule has 0 bridgehead atoms. The summed E-state index contributed by atoms with van der Waals surface area (Å²) in [5.74, 6) is 1.32. The van der Waals surface area contributed by atoms with Crippen molar-refractivity contribution in [1.82, 2.24) is 10.3 Å². The number of hydrogen-bond donors (Lipinski definition) is 2. The summed E-state index contributed by atoms with van der Waals surface area (Å²) in [5, 5.41) is 4.36. The average Bonchev–Trinajstić information content (AvgIpc) is 3.02. The molecule has 1 amide bonds. The quantitative estimate of drug-likeness (QED) is 0.671. The number of fused-ring (bicyclic) bond motifs is 1. The van der Waals surface area contributed by atoms with Gasteiger partial charge < -0.3 is 19.8 Å². The second kappa shape index (κ2) is 7.27. The van der Waals surface area contributed by atoms with Gasteiger partial charge in [-0.2, -0.15) is 0 Å². The van der Waals surface area contributed by atoms with E-state index >= 15 is 0 Å². The van der Waals surface area contributed by atoms with Crippen molar-refractivity contribution in [3.63, 3.8) is 0 Å². The first kappa shape index (κ1) is 16.2. The number of halogens is 1. The summed E-state index contributed by atoms with van der Waals surface area (Å²) in [4.78, 5) is 15.2. The van der Waals surface area contributed by atoms with Crippen LogP contribution in [0.15, 0.2) is 48.5 Å². The molecule has 0 fully saturated rings. The van der Waals surface area contributed by atoms with Gasteiger partial charge in [-0.15, -0.1) is 0 Å². The van der Waals surface area contributed by atoms with E-state index in [0.29, 0.717) is 23.9 Å². The Labute approximate surface area is 144 Å². The number of carbonyl (C=O) groups is 1. The molecular formula is C18H17ClN2O3. The third kappa shape index (κ3) is 3.81. The van der Waals surface area contributed by atoms with Crippen molar-refractivity contribution in [3.8, 4) is 11.5 Å². The van der Waals surface area contributed by atoms with Gasteiger partial charge in [-0.3, -0.25) is 4.79 Å². The van der Waals surface area contributed by atoms with E-state index in [9.17, 15) is 4.79 Å². The molecule has 0 atom stereocenters. The third-order valence-corrected chi connectivity index (χ3v) is 3.78. The predicted molar refractivity (Wildman–Crippen MR) is 94.1 cm³/mol. The first-order chi connectivity index (χ1) is 11.7. The Kier molecular flexibility index (Phi) is 4.91. The highest BCUT2D eigenvalue weighted by molar-refractivity contribution is 6.31. The number of ether oxygens (including phenoxy) is 2. The molecule has 6 heteroatoms. The Morgan fingerprint density at radius 2 is 1.88 bits per heavy atom. The number of aromatic nitrogens is 1. The fraction of sp³-hybridized carbons (Fsp3) is 0.167. The van der Waals surface area contributed by atoms with Crippen molar-refractivity contribution in [3.05, 3.63) is 59.2 Å². The lowest BCUT2D eigenvalue weighted by atomic mass is 10.2. The number of benzene rings is 2. The van der Waals surface area contributed by atoms with Gasteiger partial charge in [0.15, 0.2) is 0 Å². The lowest BCUT2D eigenvalue weighted by molar-refractivity contribution is 0.0943. The molecule has 0 aliphatic heterocycles. The smallest absolute Gasteiger partial charge is 0.267 e. The number of methoxy groups -OCH3 is 1. The maximum absolute atomic E-state index is 12.1. The fourth-order valence-electron chi connectivity index (χ4n) is 2.33. The van der Waals surface area contributed by atoms with E-state index in [1.165, 1.54) is 0 Å². The SMILES string of the molecule is COc1ccc(OCCNC(=O)c2cc3cc(Cl)ccc3[nH]2)cc1. The largest absolute Gasteiger partial charge is 0.497 e. The molecule has 0 aliphatic rings. The monoisotopic (exact) mass is 344 g/mol. The van der Waals surface area contributed by atoms with Crippen molar-refractivity contribution in [2.75, 3.05) is 20.3 Å². The molecule has 0 radical (unpaired) electrons. The summed E-state index contributed by atoms with van der Waals surface area (Å²) < 4.78 is 10.7. The molecule has 1 heterocycles. The van der Waals surface area contributed by atoms with E-state index in [0.717, 1.165) is 22.4 Å². The number of amides is 1. The number of hydrogen-bond acceptors (Lipinski definition) is 3. The summed E-state index contributed by atoms with van der Waals surface area (Å²) in [7, 11) is 1.61. The van der Waals surface area contributed by atoms with E-state index in [2.05, 4.69) is 10.3 Å². The predicted octanol–water partition coefficient (Wildman–Crippen LogP) is 3.64. The molecule has 2 aromatic carbocycles. The highest BCUT2D eigenvalue weighted by atomic mass is 35.5. The van der Waals surface area contributed by atoms with Gasteiger partial charge in [-0.25, -0.2) is 0 Å². The highest BCUT2D eigenvalue weighted by Gasteiger charge is 2.09. The Morgan fingerprint density at radius 1 is 1.12 bits per heavy atom. The number of H-pyrrole nitrogens is 1. The molecule has 0 saturated heterocycles. The summed E-state index contributed by atoms with van der Waals surface area (Å²) in [6.45, 7) is 0.783. The Morgan fingerprint density at radius 3 is 2.62 bits per heavy atom. The van der Waals surface area contributed by atoms with Crippen molar-refractivity contribution >= 4 is 28.4 Å². The molecule has 24 heavy (non-hydrogen) atoms. The zero-order chi connectivity index (χ0) is 16.9. The zero-order valence-electron chi connectivity index (χ0n) is 13.1. The van der Waals surface area contributed by atoms with Gasteiger partial charge >= 0.3 is 0 Å². The number of carbonyl (C=O) groups excluding carboxylic acids is 1. The normalized spacial score (nSPS) is 10.6. The number of aromatic amines is 1. The van der Waals surface area contributed by atoms with Gasteiger partial charge in [0.1, 0.15) is 23.8 Å². The van der Waals surface area contributed by atoms with E-state index in [-0.39, 0.29) is 5.91 Å². The van der Waals surface area contributed by atoms with Crippen LogP contribution in [0.1, 0.15) is 10.5 Å². The van der Waals surface area contributed by atoms with Crippen LogP contribution in [0.25, 0.3) is 10.9 Å². The lowest BCUT2D eigenvalue weighted by Crippen LogP contribution is -2.28. The molecule has 2 N–H and O–H groups in total. The van der Waals surface area contributed by atoms with Crippen LogP contribution in [0.3, 0.4) is 0 Å². The molecule has 0 aliphatic carbocycles. The summed E-state index contributed by atoms with van der Waals surface area (Å²) in [6.07, 6.45) is 0. The fourth-order valence-corrected chi connectivity index (χ4v) is 2.51. The van der Waals surface area contributed by atoms with Crippen LogP contribution in [-0.2, 0) is 0 Å². The highest BCUT2D eigenvalue weighted by Crippen LogP contribution is 2.20. The zero-order valence-corrected chi connectivity index (χ0v) is 13.9. The molecular weight excluding hydrogens is 328 g/mol. The Balaban J connectivity index is 1.51. The molecule has 3 rings (SSSR count). The van der Waals surface area contributed by atoms with Gasteiger partial charge in [0.25, 0.3) is 5.91 Å². The third-order valence-electron chi connectivity index (χ3n) is 3.54. The van der Waals surface area contributed by atoms with Crippen molar-refractivity contribution in [2.24, 2.45) is 0 Å². The van der Waals surface area contributed by atoms with Crippen LogP contribution in [0.2, 0.25) is 5.02 Å². The van der Waals surface area contributed by atoms with Crippen LogP contribution in [-0.4, -0.2) is 31.2 Å². The molecule has 3 aromatic rings. The van der Waals surface area contributed by atoms with E-state index in [4.69, 9.17) is 21.1 Å². The average molecular weight is 345 g/mol. The maximum Gasteiger partial charge on any atom is 0.267 e. The van der Waals surface area contributed by atoms with Gasteiger partial charge in [-0.1, -0.05) is 11.6 Å². The molecule has 0 spiro atoms. The van der Waals surface area contributed by atoms with Gasteiger partial charge in [0.2, 0.25) is 0 Å². The summed E-state index contributed by atoms with van der Waals surface area (Å²) in [5.41, 5.74) is 1.37. The van der Waals surface area contributed by atoms with Crippen molar-refractivity contribution in [1.29, 1.82) is 0 Å². The van der Waals surface area contributed by atoms with Crippen LogP contribution in [0, 0.1) is 0 Å². The number of nitrogens with one attached hydrogen (secondary N) is 2. The van der Waals surface area contributed by atoms with Gasteiger partial charge in [-0.05, 0) is 48.5 Å². The van der Waals surface area contributed by atoms with Crippen molar-refractivity contribution < 1.29 is 14.3 Å². The molecule has 5 nitrogen and oxygen atoms in total. The maximum atomic E-state index is 12.1. The minimum Gasteiger partial charge on any atom is -0.497 e. The minimum atomic E-state index is -0.180. The number of rotatable bonds is 6. The second-order valence-electron chi connectivity index (χ2n) is 5.19.